The van der Waals surface area contributed by atoms with Crippen molar-refractivity contribution in [1.29, 1.82) is 0 Å². The number of carboxylic acids is 1. The van der Waals surface area contributed by atoms with Gasteiger partial charge in [0.2, 0.25) is 0 Å². The number of fused-ring (bicyclic) bond motifs is 1. The third-order valence-corrected chi connectivity index (χ3v) is 5.21. The first kappa shape index (κ1) is 25.8. The summed E-state index contributed by atoms with van der Waals surface area (Å²) in [6.07, 6.45) is -0.600. The maximum Gasteiger partial charge on any atom is 0.490 e. The lowest BCUT2D eigenvalue weighted by molar-refractivity contribution is -0.192. The van der Waals surface area contributed by atoms with Crippen molar-refractivity contribution >= 4 is 11.9 Å². The number of pyridine rings is 1. The number of ether oxygens (including phenoxy) is 1. The third kappa shape index (κ3) is 7.09. The predicted octanol–water partition coefficient (Wildman–Crippen LogP) is 3.24. The molecule has 1 aliphatic rings. The Labute approximate surface area is 199 Å². The number of rotatable bonds is 6. The van der Waals surface area contributed by atoms with Gasteiger partial charge in [0, 0.05) is 24.5 Å². The van der Waals surface area contributed by atoms with Crippen LogP contribution in [-0.2, 0) is 42.3 Å². The Bertz CT molecular complexity index is 1130. The van der Waals surface area contributed by atoms with Gasteiger partial charge >= 0.3 is 12.1 Å². The molecule has 1 N–H and O–H groups in total. The van der Waals surface area contributed by atoms with E-state index in [4.69, 9.17) is 14.6 Å². The molecule has 0 aliphatic carbocycles. The number of alkyl halides is 3. The Balaban J connectivity index is 0.000000429. The average Bonchev–Trinajstić information content (AvgIpc) is 3.26. The molecule has 3 heterocycles. The number of aryl methyl sites for hydroxylation is 1. The fraction of sp³-hybridized carbons (Fsp3) is 0.348. The summed E-state index contributed by atoms with van der Waals surface area (Å²) in [5.74, 6) is -2.72. The number of carboxylic acid groups (broad SMARTS) is 1. The van der Waals surface area contributed by atoms with Crippen LogP contribution in [0.15, 0.2) is 48.8 Å². The highest BCUT2D eigenvalue weighted by atomic mass is 19.4. The van der Waals surface area contributed by atoms with Gasteiger partial charge in [-0.25, -0.2) is 9.48 Å². The molecule has 0 unspecified atom stereocenters. The highest BCUT2D eigenvalue weighted by Gasteiger charge is 2.38. The molecule has 1 aliphatic heterocycles. The van der Waals surface area contributed by atoms with Crippen LogP contribution >= 0.6 is 0 Å². The number of halogens is 3. The smallest absolute Gasteiger partial charge is 0.475 e. The second kappa shape index (κ2) is 11.6. The van der Waals surface area contributed by atoms with E-state index in [1.807, 2.05) is 46.0 Å². The van der Waals surface area contributed by atoms with Gasteiger partial charge in [-0.15, -0.1) is 5.10 Å². The molecule has 0 saturated carbocycles. The number of hydrogen-bond acceptors (Lipinski definition) is 6. The van der Waals surface area contributed by atoms with Crippen LogP contribution in [0.1, 0.15) is 39.8 Å². The van der Waals surface area contributed by atoms with Crippen molar-refractivity contribution in [3.8, 4) is 0 Å². The number of amides is 1. The van der Waals surface area contributed by atoms with Gasteiger partial charge in [-0.3, -0.25) is 9.78 Å². The van der Waals surface area contributed by atoms with Crippen molar-refractivity contribution in [3.63, 3.8) is 0 Å². The SMILES string of the molecule is CCc1ccc(C(=O)N2CCn3nnc(COCc4cccnc4)c3C2)cc1.O=C(O)C(F)(F)F. The Kier molecular flexibility index (Phi) is 8.53. The Morgan fingerprint density at radius 2 is 1.80 bits per heavy atom. The first-order valence-electron chi connectivity index (χ1n) is 10.7. The molecule has 9 nitrogen and oxygen atoms in total. The van der Waals surface area contributed by atoms with Crippen LogP contribution in [-0.4, -0.2) is 54.6 Å². The van der Waals surface area contributed by atoms with E-state index < -0.39 is 12.1 Å². The standard InChI is InChI=1S/C21H23N5O2.C2HF3O2/c1-2-16-5-7-18(8-6-16)21(27)25-10-11-26-20(13-25)19(23-24-26)15-28-14-17-4-3-9-22-12-17;3-2(4,5)1(6)7/h3-9,12H,2,10-11,13-15H2,1H3;(H,6,7). The van der Waals surface area contributed by atoms with E-state index in [0.29, 0.717) is 38.4 Å². The Morgan fingerprint density at radius 3 is 2.40 bits per heavy atom. The molecule has 35 heavy (non-hydrogen) atoms. The molecule has 0 bridgehead atoms. The van der Waals surface area contributed by atoms with Crippen LogP contribution in [0.25, 0.3) is 0 Å². The van der Waals surface area contributed by atoms with E-state index in [2.05, 4.69) is 22.2 Å². The second-order valence-corrected chi connectivity index (χ2v) is 7.64. The average molecular weight is 491 g/mol. The van der Waals surface area contributed by atoms with Crippen molar-refractivity contribution in [2.45, 2.75) is 45.8 Å². The molecular formula is C23H24F3N5O4. The summed E-state index contributed by atoms with van der Waals surface area (Å²) in [5.41, 5.74) is 4.67. The summed E-state index contributed by atoms with van der Waals surface area (Å²) in [6.45, 7) is 4.69. The zero-order chi connectivity index (χ0) is 25.4. The minimum absolute atomic E-state index is 0.0392. The highest BCUT2D eigenvalue weighted by Crippen LogP contribution is 2.19. The van der Waals surface area contributed by atoms with Crippen LogP contribution in [0, 0.1) is 0 Å². The minimum atomic E-state index is -5.08. The monoisotopic (exact) mass is 491 g/mol. The lowest BCUT2D eigenvalue weighted by Crippen LogP contribution is -2.38. The molecular weight excluding hydrogens is 467 g/mol. The summed E-state index contributed by atoms with van der Waals surface area (Å²) in [4.78, 5) is 27.7. The molecule has 1 amide bonds. The van der Waals surface area contributed by atoms with Gasteiger partial charge in [0.25, 0.3) is 5.91 Å². The first-order valence-corrected chi connectivity index (χ1v) is 10.7. The summed E-state index contributed by atoms with van der Waals surface area (Å²) in [5, 5.41) is 15.6. The predicted molar refractivity (Wildman–Crippen MR) is 117 cm³/mol. The van der Waals surface area contributed by atoms with Gasteiger partial charge in [-0.05, 0) is 35.7 Å². The van der Waals surface area contributed by atoms with Gasteiger partial charge in [0.1, 0.15) is 5.69 Å². The molecule has 0 radical (unpaired) electrons. The number of hydrogen-bond donors (Lipinski definition) is 1. The number of benzene rings is 1. The van der Waals surface area contributed by atoms with E-state index in [-0.39, 0.29) is 5.91 Å². The molecule has 0 saturated heterocycles. The van der Waals surface area contributed by atoms with E-state index in [1.165, 1.54) is 5.56 Å². The summed E-state index contributed by atoms with van der Waals surface area (Å²) in [6, 6.07) is 11.7. The highest BCUT2D eigenvalue weighted by molar-refractivity contribution is 5.94. The van der Waals surface area contributed by atoms with Crippen molar-refractivity contribution in [1.82, 2.24) is 24.9 Å². The quantitative estimate of drug-likeness (QED) is 0.564. The minimum Gasteiger partial charge on any atom is -0.475 e. The maximum absolute atomic E-state index is 12.9. The van der Waals surface area contributed by atoms with Crippen LogP contribution in [0.5, 0.6) is 0 Å². The molecule has 3 aromatic rings. The fourth-order valence-corrected chi connectivity index (χ4v) is 3.30. The van der Waals surface area contributed by atoms with Crippen LogP contribution in [0.4, 0.5) is 13.2 Å². The molecule has 0 atom stereocenters. The number of carbonyl (C=O) groups excluding carboxylic acids is 1. The van der Waals surface area contributed by atoms with E-state index in [1.54, 1.807) is 12.4 Å². The zero-order valence-corrected chi connectivity index (χ0v) is 18.9. The zero-order valence-electron chi connectivity index (χ0n) is 18.9. The van der Waals surface area contributed by atoms with Gasteiger partial charge in [0.05, 0.1) is 32.0 Å². The number of carbonyl (C=O) groups is 2. The summed E-state index contributed by atoms with van der Waals surface area (Å²) in [7, 11) is 0. The van der Waals surface area contributed by atoms with Crippen LogP contribution in [0.3, 0.4) is 0 Å². The Hall–Kier alpha value is -3.80. The van der Waals surface area contributed by atoms with Crippen molar-refractivity contribution in [2.24, 2.45) is 0 Å². The van der Waals surface area contributed by atoms with Crippen molar-refractivity contribution in [2.75, 3.05) is 6.54 Å². The summed E-state index contributed by atoms with van der Waals surface area (Å²) >= 11 is 0. The number of aromatic nitrogens is 4. The topological polar surface area (TPSA) is 110 Å². The van der Waals surface area contributed by atoms with Gasteiger partial charge in [0.15, 0.2) is 0 Å². The molecule has 2 aromatic heterocycles. The lowest BCUT2D eigenvalue weighted by atomic mass is 10.1. The lowest BCUT2D eigenvalue weighted by Gasteiger charge is -2.28. The third-order valence-electron chi connectivity index (χ3n) is 5.21. The van der Waals surface area contributed by atoms with E-state index in [9.17, 15) is 18.0 Å². The van der Waals surface area contributed by atoms with Crippen molar-refractivity contribution < 1.29 is 32.6 Å². The van der Waals surface area contributed by atoms with E-state index >= 15 is 0 Å². The second-order valence-electron chi connectivity index (χ2n) is 7.64. The molecule has 12 heteroatoms. The molecule has 186 valence electrons. The Morgan fingerprint density at radius 1 is 1.09 bits per heavy atom. The summed E-state index contributed by atoms with van der Waals surface area (Å²) < 4.78 is 39.4. The van der Waals surface area contributed by atoms with Crippen LogP contribution < -0.4 is 0 Å². The van der Waals surface area contributed by atoms with Gasteiger partial charge < -0.3 is 14.7 Å². The molecule has 4 rings (SSSR count). The number of nitrogens with zero attached hydrogens (tertiary/aromatic N) is 5. The molecule has 0 spiro atoms. The van der Waals surface area contributed by atoms with Gasteiger partial charge in [-0.2, -0.15) is 13.2 Å². The molecule has 1 aromatic carbocycles. The van der Waals surface area contributed by atoms with Gasteiger partial charge in [-0.1, -0.05) is 30.3 Å². The first-order chi connectivity index (χ1) is 16.7. The van der Waals surface area contributed by atoms with Crippen molar-refractivity contribution in [3.05, 3.63) is 76.9 Å². The fourth-order valence-electron chi connectivity index (χ4n) is 3.30. The van der Waals surface area contributed by atoms with E-state index in [0.717, 1.165) is 23.4 Å². The maximum atomic E-state index is 12.9. The van der Waals surface area contributed by atoms with Crippen LogP contribution in [0.2, 0.25) is 0 Å². The molecule has 0 fully saturated rings. The largest absolute Gasteiger partial charge is 0.490 e. The number of aliphatic carboxylic acids is 1. The normalized spacial score (nSPS) is 13.0.